The minimum absolute atomic E-state index is 0.340. The quantitative estimate of drug-likeness (QED) is 0.817. The maximum atomic E-state index is 13.2. The summed E-state index contributed by atoms with van der Waals surface area (Å²) in [5.74, 6) is -2.65. The molecule has 0 aliphatic carbocycles. The summed E-state index contributed by atoms with van der Waals surface area (Å²) >= 11 is 0. The Morgan fingerprint density at radius 2 is 2.00 bits per heavy atom. The number of hydrogen-bond donors (Lipinski definition) is 2. The van der Waals surface area contributed by atoms with Crippen LogP contribution in [0.5, 0.6) is 0 Å². The molecule has 2 aromatic rings. The molecule has 1 aromatic heterocycles. The Balaban J connectivity index is 2.28. The van der Waals surface area contributed by atoms with Crippen molar-refractivity contribution in [2.75, 3.05) is 5.32 Å². The fourth-order valence-corrected chi connectivity index (χ4v) is 1.23. The van der Waals surface area contributed by atoms with E-state index < -0.39 is 23.1 Å². The Morgan fingerprint density at radius 1 is 1.31 bits per heavy atom. The molecule has 0 aliphatic rings. The lowest BCUT2D eigenvalue weighted by molar-refractivity contribution is 0.101. The lowest BCUT2D eigenvalue weighted by Crippen LogP contribution is -2.15. The fourth-order valence-electron chi connectivity index (χ4n) is 1.23. The van der Waals surface area contributed by atoms with E-state index in [1.807, 2.05) is 0 Å². The van der Waals surface area contributed by atoms with Crippen molar-refractivity contribution in [3.63, 3.8) is 0 Å². The predicted molar refractivity (Wildman–Crippen MR) is 52.9 cm³/mol. The van der Waals surface area contributed by atoms with E-state index in [-0.39, 0.29) is 0 Å². The van der Waals surface area contributed by atoms with Crippen molar-refractivity contribution in [2.24, 2.45) is 0 Å². The summed E-state index contributed by atoms with van der Waals surface area (Å²) in [6.45, 7) is 0. The summed E-state index contributed by atoms with van der Waals surface area (Å²) in [5.41, 5.74) is -0.267. The Morgan fingerprint density at radius 3 is 2.56 bits per heavy atom. The Bertz CT molecular complexity index is 491. The zero-order valence-corrected chi connectivity index (χ0v) is 8.00. The van der Waals surface area contributed by atoms with Crippen LogP contribution >= 0.6 is 0 Å². The summed E-state index contributed by atoms with van der Waals surface area (Å²) in [4.78, 5) is 11.5. The largest absolute Gasteiger partial charge is 0.319 e. The van der Waals surface area contributed by atoms with Crippen LogP contribution in [0.4, 0.5) is 14.5 Å². The molecule has 0 spiro atoms. The minimum Gasteiger partial charge on any atom is -0.319 e. The fraction of sp³-hybridized carbons (Fsp3) is 0. The highest BCUT2D eigenvalue weighted by Gasteiger charge is 2.17. The number of anilines is 1. The third-order valence-electron chi connectivity index (χ3n) is 1.95. The van der Waals surface area contributed by atoms with Gasteiger partial charge in [0.2, 0.25) is 0 Å². The van der Waals surface area contributed by atoms with E-state index in [0.717, 1.165) is 12.1 Å². The van der Waals surface area contributed by atoms with Crippen molar-refractivity contribution in [1.82, 2.24) is 10.2 Å². The van der Waals surface area contributed by atoms with Crippen LogP contribution < -0.4 is 5.32 Å². The van der Waals surface area contributed by atoms with Gasteiger partial charge in [-0.05, 0) is 12.1 Å². The van der Waals surface area contributed by atoms with Crippen LogP contribution in [-0.2, 0) is 0 Å². The van der Waals surface area contributed by atoms with E-state index in [1.54, 1.807) is 0 Å². The van der Waals surface area contributed by atoms with E-state index in [0.29, 0.717) is 5.69 Å². The number of carbonyl (C=O) groups excluding carboxylic acids is 1. The van der Waals surface area contributed by atoms with Gasteiger partial charge in [-0.25, -0.2) is 8.78 Å². The van der Waals surface area contributed by atoms with Crippen molar-refractivity contribution >= 4 is 11.6 Å². The molecular weight excluding hydrogens is 216 g/mol. The second-order valence-electron chi connectivity index (χ2n) is 3.04. The number of rotatable bonds is 2. The maximum absolute atomic E-state index is 13.2. The molecule has 0 aliphatic heterocycles. The van der Waals surface area contributed by atoms with Gasteiger partial charge in [0, 0.05) is 6.20 Å². The van der Waals surface area contributed by atoms with Gasteiger partial charge in [0.25, 0.3) is 5.91 Å². The number of halogens is 2. The summed E-state index contributed by atoms with van der Waals surface area (Å²) in [6, 6.07) is 3.24. The maximum Gasteiger partial charge on any atom is 0.261 e. The molecule has 0 saturated carbocycles. The Kier molecular flexibility index (Phi) is 2.63. The second kappa shape index (κ2) is 4.09. The molecule has 1 amide bonds. The first-order valence-electron chi connectivity index (χ1n) is 4.42. The van der Waals surface area contributed by atoms with Gasteiger partial charge in [0.1, 0.15) is 17.2 Å². The summed E-state index contributed by atoms with van der Waals surface area (Å²) in [7, 11) is 0. The highest BCUT2D eigenvalue weighted by atomic mass is 19.1. The summed E-state index contributed by atoms with van der Waals surface area (Å²) in [5, 5.41) is 8.36. The van der Waals surface area contributed by atoms with Crippen LogP contribution in [0.2, 0.25) is 0 Å². The molecule has 1 heterocycles. The first kappa shape index (κ1) is 10.3. The number of carbonyl (C=O) groups is 1. The van der Waals surface area contributed by atoms with Crippen molar-refractivity contribution in [1.29, 1.82) is 0 Å². The molecule has 0 saturated heterocycles. The Labute approximate surface area is 89.3 Å². The number of benzene rings is 1. The molecular formula is C10H7F2N3O. The van der Waals surface area contributed by atoms with Crippen LogP contribution in [-0.4, -0.2) is 16.1 Å². The highest BCUT2D eigenvalue weighted by molar-refractivity contribution is 6.04. The molecule has 0 atom stereocenters. The van der Waals surface area contributed by atoms with Gasteiger partial charge < -0.3 is 5.32 Å². The summed E-state index contributed by atoms with van der Waals surface area (Å²) < 4.78 is 26.4. The van der Waals surface area contributed by atoms with Gasteiger partial charge in [-0.1, -0.05) is 6.07 Å². The van der Waals surface area contributed by atoms with Crippen molar-refractivity contribution < 1.29 is 13.6 Å². The molecule has 0 radical (unpaired) electrons. The number of H-pyrrole nitrogens is 1. The van der Waals surface area contributed by atoms with Crippen LogP contribution in [0, 0.1) is 11.6 Å². The van der Waals surface area contributed by atoms with Crippen molar-refractivity contribution in [2.45, 2.75) is 0 Å². The first-order chi connectivity index (χ1) is 7.68. The normalized spacial score (nSPS) is 10.1. The average molecular weight is 223 g/mol. The molecule has 0 unspecified atom stereocenters. The molecule has 4 nitrogen and oxygen atoms in total. The molecule has 6 heteroatoms. The number of aromatic nitrogens is 2. The first-order valence-corrected chi connectivity index (χ1v) is 4.42. The third kappa shape index (κ3) is 1.90. The molecule has 2 rings (SSSR count). The average Bonchev–Trinajstić information content (AvgIpc) is 2.70. The van der Waals surface area contributed by atoms with Gasteiger partial charge >= 0.3 is 0 Å². The zero-order valence-electron chi connectivity index (χ0n) is 8.00. The van der Waals surface area contributed by atoms with Gasteiger partial charge in [-0.2, -0.15) is 5.10 Å². The van der Waals surface area contributed by atoms with Crippen LogP contribution in [0.15, 0.2) is 30.6 Å². The van der Waals surface area contributed by atoms with E-state index in [4.69, 9.17) is 0 Å². The van der Waals surface area contributed by atoms with Gasteiger partial charge in [0.05, 0.1) is 11.9 Å². The van der Waals surface area contributed by atoms with Crippen molar-refractivity contribution in [3.05, 3.63) is 47.8 Å². The van der Waals surface area contributed by atoms with Gasteiger partial charge in [-0.3, -0.25) is 9.89 Å². The number of hydrogen-bond acceptors (Lipinski definition) is 2. The van der Waals surface area contributed by atoms with Crippen LogP contribution in [0.25, 0.3) is 0 Å². The molecule has 82 valence electrons. The highest BCUT2D eigenvalue weighted by Crippen LogP contribution is 2.14. The minimum atomic E-state index is -0.902. The second-order valence-corrected chi connectivity index (χ2v) is 3.04. The molecule has 0 bridgehead atoms. The SMILES string of the molecule is O=C(Nc1cn[nH]c1)c1c(F)cccc1F. The Hall–Kier alpha value is -2.24. The summed E-state index contributed by atoms with van der Waals surface area (Å²) in [6.07, 6.45) is 2.73. The predicted octanol–water partition coefficient (Wildman–Crippen LogP) is 1.94. The number of nitrogens with zero attached hydrogens (tertiary/aromatic N) is 1. The number of amides is 1. The third-order valence-corrected chi connectivity index (χ3v) is 1.95. The van der Waals surface area contributed by atoms with E-state index in [9.17, 15) is 13.6 Å². The van der Waals surface area contributed by atoms with Gasteiger partial charge in [0.15, 0.2) is 0 Å². The topological polar surface area (TPSA) is 57.8 Å². The lowest BCUT2D eigenvalue weighted by atomic mass is 10.2. The van der Waals surface area contributed by atoms with Gasteiger partial charge in [-0.15, -0.1) is 0 Å². The van der Waals surface area contributed by atoms with E-state index in [2.05, 4.69) is 15.5 Å². The lowest BCUT2D eigenvalue weighted by Gasteiger charge is -2.04. The molecule has 16 heavy (non-hydrogen) atoms. The van der Waals surface area contributed by atoms with Crippen molar-refractivity contribution in [3.8, 4) is 0 Å². The number of aromatic amines is 1. The zero-order chi connectivity index (χ0) is 11.5. The monoisotopic (exact) mass is 223 g/mol. The van der Waals surface area contributed by atoms with Crippen LogP contribution in [0.1, 0.15) is 10.4 Å². The molecule has 2 N–H and O–H groups in total. The molecule has 0 fully saturated rings. The molecule has 1 aromatic carbocycles. The van der Waals surface area contributed by atoms with Crippen LogP contribution in [0.3, 0.4) is 0 Å². The number of nitrogens with one attached hydrogen (secondary N) is 2. The van der Waals surface area contributed by atoms with E-state index in [1.165, 1.54) is 18.5 Å². The standard InChI is InChI=1S/C10H7F2N3O/c11-7-2-1-3-8(12)9(7)10(16)15-6-4-13-14-5-6/h1-5H,(H,13,14)(H,15,16). The van der Waals surface area contributed by atoms with E-state index >= 15 is 0 Å². The smallest absolute Gasteiger partial charge is 0.261 e.